The van der Waals surface area contributed by atoms with Crippen molar-refractivity contribution in [2.75, 3.05) is 25.9 Å². The maximum Gasteiger partial charge on any atom is 0.317 e. The van der Waals surface area contributed by atoms with E-state index in [0.717, 1.165) is 46.8 Å². The third-order valence-corrected chi connectivity index (χ3v) is 6.51. The number of halogens is 1. The Morgan fingerprint density at radius 2 is 1.82 bits per heavy atom. The highest BCUT2D eigenvalue weighted by atomic mass is 79.9. The van der Waals surface area contributed by atoms with Crippen LogP contribution in [0.3, 0.4) is 0 Å². The Morgan fingerprint density at radius 1 is 1.15 bits per heavy atom. The molecule has 0 aliphatic heterocycles. The Bertz CT molecular complexity index is 1020. The molecule has 0 radical (unpaired) electrons. The predicted molar refractivity (Wildman–Crippen MR) is 136 cm³/mol. The molecule has 1 saturated carbocycles. The molecule has 4 N–H and O–H groups in total. The molecule has 0 aromatic heterocycles. The van der Waals surface area contributed by atoms with Crippen LogP contribution in [0.2, 0.25) is 0 Å². The number of amides is 1. The number of oxime groups is 1. The van der Waals surface area contributed by atoms with Crippen molar-refractivity contribution in [1.29, 1.82) is 0 Å². The van der Waals surface area contributed by atoms with Crippen molar-refractivity contribution in [2.24, 2.45) is 5.16 Å². The molecule has 1 aliphatic rings. The van der Waals surface area contributed by atoms with Crippen LogP contribution in [-0.2, 0) is 21.0 Å². The van der Waals surface area contributed by atoms with Gasteiger partial charge in [0.2, 0.25) is 0 Å². The van der Waals surface area contributed by atoms with Gasteiger partial charge in [0.1, 0.15) is 5.71 Å². The van der Waals surface area contributed by atoms with Gasteiger partial charge in [-0.1, -0.05) is 58.5 Å². The molecule has 0 unspecified atom stereocenters. The molecule has 2 aromatic rings. The number of nitrogens with two attached hydrogens (primary N) is 1. The summed E-state index contributed by atoms with van der Waals surface area (Å²) in [5.74, 6) is -1.04. The lowest BCUT2D eigenvalue weighted by Crippen LogP contribution is -2.40. The Hall–Kier alpha value is -2.91. The number of aliphatic carboxylic acids is 1. The summed E-state index contributed by atoms with van der Waals surface area (Å²) in [6.07, 6.45) is 5.58. The number of nitrogens with zero attached hydrogens (tertiary/aromatic N) is 2. The Labute approximate surface area is 208 Å². The zero-order valence-corrected chi connectivity index (χ0v) is 20.9. The number of anilines is 1. The molecule has 0 saturated heterocycles. The molecule has 0 atom stereocenters. The van der Waals surface area contributed by atoms with Crippen LogP contribution in [0.5, 0.6) is 0 Å². The van der Waals surface area contributed by atoms with E-state index in [4.69, 9.17) is 15.7 Å². The summed E-state index contributed by atoms with van der Waals surface area (Å²) in [5.41, 5.74) is 9.50. The van der Waals surface area contributed by atoms with Gasteiger partial charge in [-0.15, -0.1) is 0 Å². The summed E-state index contributed by atoms with van der Waals surface area (Å²) >= 11 is 3.44. The summed E-state index contributed by atoms with van der Waals surface area (Å²) in [4.78, 5) is 30.8. The van der Waals surface area contributed by atoms with E-state index in [1.165, 1.54) is 6.42 Å². The minimum atomic E-state index is -0.942. The fourth-order valence-electron chi connectivity index (χ4n) is 4.02. The first kappa shape index (κ1) is 25.7. The average Bonchev–Trinajstić information content (AvgIpc) is 2.83. The number of hydrogen-bond donors (Lipinski definition) is 3. The van der Waals surface area contributed by atoms with E-state index in [1.807, 2.05) is 43.4 Å². The number of nitrogen functional groups attached to an aromatic ring is 1. The van der Waals surface area contributed by atoms with Gasteiger partial charge in [-0.2, -0.15) is 0 Å². The Morgan fingerprint density at radius 3 is 2.50 bits per heavy atom. The van der Waals surface area contributed by atoms with Crippen molar-refractivity contribution in [1.82, 2.24) is 10.2 Å². The summed E-state index contributed by atoms with van der Waals surface area (Å²) in [7, 11) is 1.83. The van der Waals surface area contributed by atoms with Crippen LogP contribution in [0.4, 0.5) is 5.69 Å². The normalized spacial score (nSPS) is 14.6. The molecule has 34 heavy (non-hydrogen) atoms. The lowest BCUT2D eigenvalue weighted by Gasteiger charge is -2.30. The summed E-state index contributed by atoms with van der Waals surface area (Å²) in [5, 5.41) is 16.1. The lowest BCUT2D eigenvalue weighted by molar-refractivity contribution is -0.137. The van der Waals surface area contributed by atoms with Crippen molar-refractivity contribution in [3.63, 3.8) is 0 Å². The number of benzene rings is 2. The van der Waals surface area contributed by atoms with E-state index in [2.05, 4.69) is 26.4 Å². The zero-order valence-electron chi connectivity index (χ0n) is 19.3. The number of rotatable bonds is 10. The van der Waals surface area contributed by atoms with E-state index >= 15 is 0 Å². The van der Waals surface area contributed by atoms with E-state index in [1.54, 1.807) is 11.0 Å². The lowest BCUT2D eigenvalue weighted by atomic mass is 9.94. The fourth-order valence-corrected chi connectivity index (χ4v) is 4.28. The highest BCUT2D eigenvalue weighted by Crippen LogP contribution is 2.22. The second-order valence-electron chi connectivity index (χ2n) is 8.43. The number of carboxylic acids is 1. The first-order chi connectivity index (χ1) is 16.3. The van der Waals surface area contributed by atoms with Crippen LogP contribution in [0.1, 0.15) is 48.8 Å². The van der Waals surface area contributed by atoms with Gasteiger partial charge in [0.25, 0.3) is 5.91 Å². The van der Waals surface area contributed by atoms with Gasteiger partial charge in [0.15, 0.2) is 6.61 Å². The molecule has 1 amide bonds. The Kier molecular flexibility index (Phi) is 9.47. The van der Waals surface area contributed by atoms with E-state index in [-0.39, 0.29) is 25.1 Å². The van der Waals surface area contributed by atoms with Gasteiger partial charge in [-0.05, 0) is 42.7 Å². The number of likely N-dealkylation sites (N-methyl/N-ethyl adjacent to an activating group) is 1. The van der Waals surface area contributed by atoms with Crippen molar-refractivity contribution in [3.8, 4) is 0 Å². The molecule has 0 spiro atoms. The highest BCUT2D eigenvalue weighted by Gasteiger charge is 2.22. The van der Waals surface area contributed by atoms with Crippen LogP contribution in [0.15, 0.2) is 52.1 Å². The van der Waals surface area contributed by atoms with E-state index in [9.17, 15) is 9.59 Å². The van der Waals surface area contributed by atoms with Gasteiger partial charge in [0.05, 0.1) is 6.54 Å². The third kappa shape index (κ3) is 7.30. The van der Waals surface area contributed by atoms with Crippen LogP contribution in [0, 0.1) is 0 Å². The van der Waals surface area contributed by atoms with Gasteiger partial charge < -0.3 is 25.9 Å². The quantitative estimate of drug-likeness (QED) is 0.244. The zero-order chi connectivity index (χ0) is 24.5. The summed E-state index contributed by atoms with van der Waals surface area (Å²) in [6, 6.07) is 13.3. The Balaban J connectivity index is 1.79. The number of carbonyl (C=O) groups excluding carboxylic acids is 1. The predicted octanol–water partition coefficient (Wildman–Crippen LogP) is 3.77. The first-order valence-electron chi connectivity index (χ1n) is 11.4. The van der Waals surface area contributed by atoms with Crippen molar-refractivity contribution >= 4 is 39.2 Å². The largest absolute Gasteiger partial charge is 0.480 e. The smallest absolute Gasteiger partial charge is 0.317 e. The molecular formula is C25H31BrN4O4. The van der Waals surface area contributed by atoms with Crippen molar-refractivity contribution in [3.05, 3.63) is 63.6 Å². The second-order valence-corrected chi connectivity index (χ2v) is 9.34. The minimum absolute atomic E-state index is 0.0957. The molecule has 2 aromatic carbocycles. The van der Waals surface area contributed by atoms with Crippen molar-refractivity contribution in [2.45, 2.75) is 44.7 Å². The van der Waals surface area contributed by atoms with Gasteiger partial charge in [-0.25, -0.2) is 0 Å². The molecule has 0 heterocycles. The number of nitrogens with one attached hydrogen (secondary N) is 1. The summed E-state index contributed by atoms with van der Waals surface area (Å²) in [6.45, 7) is -0.0167. The van der Waals surface area contributed by atoms with Gasteiger partial charge >= 0.3 is 5.97 Å². The monoisotopic (exact) mass is 530 g/mol. The maximum atomic E-state index is 12.7. The topological polar surface area (TPSA) is 117 Å². The van der Waals surface area contributed by atoms with Gasteiger partial charge in [-0.3, -0.25) is 9.59 Å². The van der Waals surface area contributed by atoms with Crippen LogP contribution >= 0.6 is 15.9 Å². The second kappa shape index (κ2) is 12.5. The molecule has 8 nitrogen and oxygen atoms in total. The molecule has 1 fully saturated rings. The average molecular weight is 531 g/mol. The van der Waals surface area contributed by atoms with Crippen LogP contribution in [-0.4, -0.2) is 53.8 Å². The standard InChI is InChI=1S/C25H31BrN4O4/c1-30(21-5-3-2-4-6-21)23(31)16-34-29-25(17-7-10-20(26)11-8-17)18-9-12-22(27)19(13-18)14-28-15-24(32)33/h7-13,21,28H,2-6,14-16,27H2,1H3,(H,32,33)/b29-25-. The van der Waals surface area contributed by atoms with Crippen molar-refractivity contribution < 1.29 is 19.5 Å². The number of hydrogen-bond acceptors (Lipinski definition) is 6. The highest BCUT2D eigenvalue weighted by molar-refractivity contribution is 9.10. The van der Waals surface area contributed by atoms with E-state index in [0.29, 0.717) is 17.9 Å². The summed E-state index contributed by atoms with van der Waals surface area (Å²) < 4.78 is 0.927. The third-order valence-electron chi connectivity index (χ3n) is 5.99. The molecule has 182 valence electrons. The minimum Gasteiger partial charge on any atom is -0.480 e. The molecule has 9 heteroatoms. The molecule has 1 aliphatic carbocycles. The molecular weight excluding hydrogens is 500 g/mol. The molecule has 0 bridgehead atoms. The number of carbonyl (C=O) groups is 2. The molecule has 3 rings (SSSR count). The van der Waals surface area contributed by atoms with Gasteiger partial charge in [0, 0.05) is 40.9 Å². The fraction of sp³-hybridized carbons (Fsp3) is 0.400. The SMILES string of the molecule is CN(C(=O)CO/N=C(/c1ccc(Br)cc1)c1ccc(N)c(CNCC(=O)O)c1)C1CCCCC1. The maximum absolute atomic E-state index is 12.7. The number of carboxylic acid groups (broad SMARTS) is 1. The van der Waals surface area contributed by atoms with Crippen LogP contribution in [0.25, 0.3) is 0 Å². The van der Waals surface area contributed by atoms with E-state index < -0.39 is 5.97 Å². The van der Waals surface area contributed by atoms with Crippen LogP contribution < -0.4 is 11.1 Å². The first-order valence-corrected chi connectivity index (χ1v) is 12.2.